The van der Waals surface area contributed by atoms with E-state index in [9.17, 15) is 23.1 Å². The van der Waals surface area contributed by atoms with E-state index in [0.29, 0.717) is 0 Å². The van der Waals surface area contributed by atoms with Gasteiger partial charge in [-0.15, -0.1) is 0 Å². The van der Waals surface area contributed by atoms with Crippen molar-refractivity contribution in [3.8, 4) is 0 Å². The highest BCUT2D eigenvalue weighted by molar-refractivity contribution is 5.92. The van der Waals surface area contributed by atoms with Gasteiger partial charge in [-0.25, -0.2) is 9.97 Å². The lowest BCUT2D eigenvalue weighted by Crippen LogP contribution is -2.27. The van der Waals surface area contributed by atoms with E-state index in [1.807, 2.05) is 0 Å². The van der Waals surface area contributed by atoms with Crippen LogP contribution < -0.4 is 5.11 Å². The van der Waals surface area contributed by atoms with Crippen LogP contribution in [0.5, 0.6) is 0 Å². The molecule has 0 spiro atoms. The van der Waals surface area contributed by atoms with E-state index in [2.05, 4.69) is 9.97 Å². The molecule has 0 N–H and O–H groups in total. The second-order valence-corrected chi connectivity index (χ2v) is 3.22. The minimum absolute atomic E-state index is 0.162. The highest BCUT2D eigenvalue weighted by Crippen LogP contribution is 2.31. The van der Waals surface area contributed by atoms with Crippen LogP contribution >= 0.6 is 0 Å². The monoisotopic (exact) mass is 241 g/mol. The fourth-order valence-corrected chi connectivity index (χ4v) is 1.38. The Kier molecular flexibility index (Phi) is 2.45. The van der Waals surface area contributed by atoms with Gasteiger partial charge >= 0.3 is 6.18 Å². The zero-order valence-corrected chi connectivity index (χ0v) is 8.15. The molecule has 17 heavy (non-hydrogen) atoms. The fourth-order valence-electron chi connectivity index (χ4n) is 1.38. The molecule has 2 aromatic heterocycles. The van der Waals surface area contributed by atoms with Gasteiger partial charge in [0.2, 0.25) is 0 Å². The van der Waals surface area contributed by atoms with Crippen molar-refractivity contribution >= 4 is 17.0 Å². The number of pyridine rings is 2. The molecule has 0 atom stereocenters. The number of fused-ring (bicyclic) bond motifs is 1. The molecule has 0 saturated heterocycles. The van der Waals surface area contributed by atoms with E-state index in [0.717, 1.165) is 6.07 Å². The van der Waals surface area contributed by atoms with E-state index < -0.39 is 23.4 Å². The van der Waals surface area contributed by atoms with Crippen LogP contribution in [0.25, 0.3) is 11.0 Å². The quantitative estimate of drug-likeness (QED) is 0.747. The van der Waals surface area contributed by atoms with E-state index in [-0.39, 0.29) is 11.0 Å². The van der Waals surface area contributed by atoms with Crippen LogP contribution in [-0.4, -0.2) is 15.9 Å². The Hall–Kier alpha value is -2.18. The lowest BCUT2D eigenvalue weighted by atomic mass is 10.1. The van der Waals surface area contributed by atoms with Gasteiger partial charge in [-0.3, -0.25) is 0 Å². The highest BCUT2D eigenvalue weighted by atomic mass is 19.4. The molecule has 0 aliphatic heterocycles. The summed E-state index contributed by atoms with van der Waals surface area (Å²) >= 11 is 0. The second-order valence-electron chi connectivity index (χ2n) is 3.22. The Bertz CT molecular complexity index is 596. The summed E-state index contributed by atoms with van der Waals surface area (Å²) in [5, 5.41) is 10.8. The van der Waals surface area contributed by atoms with E-state index in [4.69, 9.17) is 0 Å². The molecule has 0 radical (unpaired) electrons. The molecule has 0 bridgehead atoms. The molecular weight excluding hydrogens is 237 g/mol. The van der Waals surface area contributed by atoms with Crippen molar-refractivity contribution in [2.24, 2.45) is 0 Å². The third-order valence-corrected chi connectivity index (χ3v) is 2.08. The number of hydrogen-bond acceptors (Lipinski definition) is 4. The average molecular weight is 241 g/mol. The van der Waals surface area contributed by atoms with E-state index >= 15 is 0 Å². The first-order valence-electron chi connectivity index (χ1n) is 4.44. The number of alkyl halides is 3. The van der Waals surface area contributed by atoms with Gasteiger partial charge in [-0.1, -0.05) is 0 Å². The Morgan fingerprint density at radius 1 is 1.35 bits per heavy atom. The first-order valence-corrected chi connectivity index (χ1v) is 4.44. The maximum absolute atomic E-state index is 12.6. The van der Waals surface area contributed by atoms with Crippen LogP contribution in [0, 0.1) is 0 Å². The van der Waals surface area contributed by atoms with Gasteiger partial charge in [0.05, 0.1) is 5.97 Å². The predicted molar refractivity (Wildman–Crippen MR) is 48.9 cm³/mol. The SMILES string of the molecule is O=C([O-])c1cc2cccnc2nc1C(F)(F)F. The number of aromatic carboxylic acids is 1. The van der Waals surface area contributed by atoms with Gasteiger partial charge in [0.25, 0.3) is 0 Å². The standard InChI is InChI=1S/C10H5F3N2O2/c11-10(12,13)7-6(9(16)17)4-5-2-1-3-14-8(5)15-7/h1-4H,(H,16,17)/p-1. The molecule has 0 fully saturated rings. The molecule has 2 aromatic rings. The third-order valence-electron chi connectivity index (χ3n) is 2.08. The van der Waals surface area contributed by atoms with E-state index in [1.165, 1.54) is 18.3 Å². The number of carboxylic acid groups (broad SMARTS) is 1. The van der Waals surface area contributed by atoms with Crippen LogP contribution in [0.15, 0.2) is 24.4 Å². The summed E-state index contributed by atoms with van der Waals surface area (Å²) in [6.45, 7) is 0. The molecule has 0 aliphatic rings. The molecule has 0 unspecified atom stereocenters. The number of aromatic nitrogens is 2. The summed E-state index contributed by atoms with van der Waals surface area (Å²) in [6.07, 6.45) is -3.59. The second kappa shape index (κ2) is 3.69. The zero-order valence-electron chi connectivity index (χ0n) is 8.15. The van der Waals surface area contributed by atoms with Crippen molar-refractivity contribution in [1.82, 2.24) is 9.97 Å². The van der Waals surface area contributed by atoms with Crippen LogP contribution in [0.2, 0.25) is 0 Å². The van der Waals surface area contributed by atoms with Gasteiger partial charge < -0.3 is 9.90 Å². The van der Waals surface area contributed by atoms with Gasteiger partial charge in [0, 0.05) is 17.1 Å². The van der Waals surface area contributed by atoms with Crippen LogP contribution in [-0.2, 0) is 6.18 Å². The Morgan fingerprint density at radius 2 is 2.06 bits per heavy atom. The smallest absolute Gasteiger partial charge is 0.434 e. The molecule has 0 aromatic carbocycles. The number of halogens is 3. The number of carboxylic acids is 1. The summed E-state index contributed by atoms with van der Waals surface area (Å²) in [5.74, 6) is -1.92. The summed E-state index contributed by atoms with van der Waals surface area (Å²) in [6, 6.07) is 3.74. The molecule has 4 nitrogen and oxygen atoms in total. The molecule has 0 amide bonds. The van der Waals surface area contributed by atoms with Gasteiger partial charge in [0.1, 0.15) is 0 Å². The molecule has 2 rings (SSSR count). The molecule has 0 aliphatic carbocycles. The minimum Gasteiger partial charge on any atom is -0.545 e. The van der Waals surface area contributed by atoms with Gasteiger partial charge in [-0.2, -0.15) is 13.2 Å². The molecule has 88 valence electrons. The first-order chi connectivity index (χ1) is 7.89. The molecule has 2 heterocycles. The van der Waals surface area contributed by atoms with Gasteiger partial charge in [-0.05, 0) is 18.2 Å². The summed E-state index contributed by atoms with van der Waals surface area (Å²) in [5.41, 5.74) is -2.65. The highest BCUT2D eigenvalue weighted by Gasteiger charge is 2.36. The number of carbonyl (C=O) groups excluding carboxylic acids is 1. The number of nitrogens with zero attached hydrogens (tertiary/aromatic N) is 2. The van der Waals surface area contributed by atoms with Crippen LogP contribution in [0.3, 0.4) is 0 Å². The number of carbonyl (C=O) groups is 1. The molecule has 7 heteroatoms. The topological polar surface area (TPSA) is 65.9 Å². The summed E-state index contributed by atoms with van der Waals surface area (Å²) in [7, 11) is 0. The van der Waals surface area contributed by atoms with Crippen molar-refractivity contribution in [3.63, 3.8) is 0 Å². The number of hydrogen-bond donors (Lipinski definition) is 0. The van der Waals surface area contributed by atoms with Crippen molar-refractivity contribution in [3.05, 3.63) is 35.7 Å². The molecule has 0 saturated carbocycles. The molecular formula is C10H4F3N2O2-. The lowest BCUT2D eigenvalue weighted by Gasteiger charge is -2.13. The first kappa shape index (κ1) is 11.3. The predicted octanol–water partition coefficient (Wildman–Crippen LogP) is 1.01. The van der Waals surface area contributed by atoms with Gasteiger partial charge in [0.15, 0.2) is 11.3 Å². The maximum Gasteiger partial charge on any atom is 0.434 e. The fraction of sp³-hybridized carbons (Fsp3) is 0.100. The Labute approximate surface area is 92.7 Å². The average Bonchev–Trinajstić information content (AvgIpc) is 2.26. The van der Waals surface area contributed by atoms with Crippen molar-refractivity contribution < 1.29 is 23.1 Å². The number of rotatable bonds is 1. The van der Waals surface area contributed by atoms with E-state index in [1.54, 1.807) is 0 Å². The van der Waals surface area contributed by atoms with Crippen molar-refractivity contribution in [2.75, 3.05) is 0 Å². The lowest BCUT2D eigenvalue weighted by molar-refractivity contribution is -0.255. The Balaban J connectivity index is 2.80. The van der Waals surface area contributed by atoms with Crippen molar-refractivity contribution in [2.45, 2.75) is 6.18 Å². The van der Waals surface area contributed by atoms with Crippen LogP contribution in [0.4, 0.5) is 13.2 Å². The minimum atomic E-state index is -4.86. The van der Waals surface area contributed by atoms with Crippen molar-refractivity contribution in [1.29, 1.82) is 0 Å². The largest absolute Gasteiger partial charge is 0.545 e. The normalized spacial score (nSPS) is 11.7. The summed E-state index contributed by atoms with van der Waals surface area (Å²) in [4.78, 5) is 17.5. The Morgan fingerprint density at radius 3 is 2.65 bits per heavy atom. The maximum atomic E-state index is 12.6. The van der Waals surface area contributed by atoms with Crippen LogP contribution in [0.1, 0.15) is 16.1 Å². The third kappa shape index (κ3) is 2.03. The summed E-state index contributed by atoms with van der Waals surface area (Å²) < 4.78 is 37.7. The zero-order chi connectivity index (χ0) is 12.6.